The molecule has 9 heteroatoms. The Bertz CT molecular complexity index is 911. The first kappa shape index (κ1) is 34.8. The number of carbonyl (C=O) groups is 4. The first-order valence-corrected chi connectivity index (χ1v) is 14.8. The zero-order valence-corrected chi connectivity index (χ0v) is 26.0. The van der Waals surface area contributed by atoms with E-state index in [9.17, 15) is 19.2 Å². The summed E-state index contributed by atoms with van der Waals surface area (Å²) in [5.41, 5.74) is 1.17. The van der Waals surface area contributed by atoms with Gasteiger partial charge in [-0.2, -0.15) is 0 Å². The summed E-state index contributed by atoms with van der Waals surface area (Å²) in [5, 5.41) is 9.86. The average molecular weight is 570 g/mol. The van der Waals surface area contributed by atoms with E-state index < -0.39 is 10.8 Å². The molecule has 0 aromatic heterocycles. The zero-order chi connectivity index (χ0) is 30.8. The van der Waals surface area contributed by atoms with Gasteiger partial charge in [0, 0.05) is 65.2 Å². The Balaban J connectivity index is 1.53. The fourth-order valence-corrected chi connectivity index (χ4v) is 5.57. The third-order valence-corrected chi connectivity index (χ3v) is 7.03. The van der Waals surface area contributed by atoms with Crippen LogP contribution >= 0.6 is 0 Å². The smallest absolute Gasteiger partial charge is 0.233 e. The Morgan fingerprint density at radius 2 is 1.00 bits per heavy atom. The minimum Gasteiger partial charge on any atom is -0.314 e. The van der Waals surface area contributed by atoms with Gasteiger partial charge in [0.25, 0.3) is 0 Å². The normalized spacial score (nSPS) is 21.2. The SMILES string of the molecule is [CH]C(C)(C)/C=C(\C)CC1CC(=O)N(CCNCCNCCNCCN2C(=O)CC(C/C(C)=C/C([CH])(C)C)C2=O)C1=O. The van der Waals surface area contributed by atoms with Crippen LogP contribution in [-0.2, 0) is 19.2 Å². The summed E-state index contributed by atoms with van der Waals surface area (Å²) in [7, 11) is 0. The molecule has 0 saturated carbocycles. The maximum Gasteiger partial charge on any atom is 0.233 e. The number of allylic oxidation sites excluding steroid dienone is 4. The van der Waals surface area contributed by atoms with Crippen LogP contribution in [-0.4, -0.2) is 85.8 Å². The van der Waals surface area contributed by atoms with Gasteiger partial charge in [-0.3, -0.25) is 29.0 Å². The highest BCUT2D eigenvalue weighted by Crippen LogP contribution is 2.29. The number of carbonyl (C=O) groups excluding carboxylic acids is 4. The average Bonchev–Trinajstić information content (AvgIpc) is 3.23. The van der Waals surface area contributed by atoms with Crippen LogP contribution in [0.5, 0.6) is 0 Å². The van der Waals surface area contributed by atoms with E-state index in [2.05, 4.69) is 16.0 Å². The molecule has 2 aliphatic heterocycles. The molecule has 0 bridgehead atoms. The van der Waals surface area contributed by atoms with Gasteiger partial charge in [-0.1, -0.05) is 51.0 Å². The number of hydrogen-bond acceptors (Lipinski definition) is 7. The van der Waals surface area contributed by atoms with Crippen molar-refractivity contribution in [1.29, 1.82) is 0 Å². The molecule has 0 aliphatic carbocycles. The highest BCUT2D eigenvalue weighted by molar-refractivity contribution is 6.04. The van der Waals surface area contributed by atoms with Gasteiger partial charge in [0.05, 0.1) is 11.8 Å². The first-order chi connectivity index (χ1) is 19.1. The van der Waals surface area contributed by atoms with E-state index in [4.69, 9.17) is 13.8 Å². The van der Waals surface area contributed by atoms with Crippen LogP contribution in [0.4, 0.5) is 0 Å². The highest BCUT2D eigenvalue weighted by Gasteiger charge is 2.39. The van der Waals surface area contributed by atoms with E-state index in [-0.39, 0.29) is 48.3 Å². The molecule has 9 nitrogen and oxygen atoms in total. The Morgan fingerprint density at radius 1 is 0.683 bits per heavy atom. The summed E-state index contributed by atoms with van der Waals surface area (Å²) >= 11 is 0. The molecule has 4 amide bonds. The molecule has 2 saturated heterocycles. The van der Waals surface area contributed by atoms with Crippen LogP contribution in [0.25, 0.3) is 0 Å². The quantitative estimate of drug-likeness (QED) is 0.132. The van der Waals surface area contributed by atoms with Crippen LogP contribution in [0.1, 0.15) is 67.2 Å². The fraction of sp³-hybridized carbons (Fsp3) is 0.688. The van der Waals surface area contributed by atoms with E-state index in [1.54, 1.807) is 0 Å². The summed E-state index contributed by atoms with van der Waals surface area (Å²) < 4.78 is 0. The molecule has 0 aromatic carbocycles. The first-order valence-electron chi connectivity index (χ1n) is 14.8. The van der Waals surface area contributed by atoms with Gasteiger partial charge in [-0.15, -0.1) is 0 Å². The van der Waals surface area contributed by atoms with Crippen molar-refractivity contribution in [2.45, 2.75) is 67.2 Å². The summed E-state index contributed by atoms with van der Waals surface area (Å²) in [6.07, 6.45) is 5.54. The molecule has 41 heavy (non-hydrogen) atoms. The van der Waals surface area contributed by atoms with Crippen LogP contribution in [0, 0.1) is 36.5 Å². The second-order valence-electron chi connectivity index (χ2n) is 12.9. The topological polar surface area (TPSA) is 111 Å². The molecular weight excluding hydrogens is 518 g/mol. The number of rotatable bonds is 18. The Morgan fingerprint density at radius 3 is 1.32 bits per heavy atom. The van der Waals surface area contributed by atoms with E-state index in [0.717, 1.165) is 24.2 Å². The highest BCUT2D eigenvalue weighted by atomic mass is 16.2. The third kappa shape index (κ3) is 12.6. The third-order valence-electron chi connectivity index (χ3n) is 7.03. The molecular formula is C32H51N5O4. The molecule has 2 fully saturated rings. The second-order valence-corrected chi connectivity index (χ2v) is 12.9. The molecule has 4 radical (unpaired) electrons. The van der Waals surface area contributed by atoms with Crippen LogP contribution in [0.2, 0.25) is 0 Å². The van der Waals surface area contributed by atoms with Crippen molar-refractivity contribution >= 4 is 23.6 Å². The van der Waals surface area contributed by atoms with Gasteiger partial charge >= 0.3 is 0 Å². The van der Waals surface area contributed by atoms with Gasteiger partial charge in [0.1, 0.15) is 0 Å². The fourth-order valence-electron chi connectivity index (χ4n) is 5.57. The Labute approximate surface area is 247 Å². The number of likely N-dealkylation sites (tertiary alicyclic amines) is 2. The molecule has 2 rings (SSSR count). The minimum atomic E-state index is -0.442. The van der Waals surface area contributed by atoms with Crippen molar-refractivity contribution in [2.24, 2.45) is 22.7 Å². The Kier molecular flexibility index (Phi) is 13.4. The number of imide groups is 2. The monoisotopic (exact) mass is 569 g/mol. The maximum atomic E-state index is 12.7. The predicted octanol–water partition coefficient (Wildman–Crippen LogP) is 2.65. The number of nitrogens with one attached hydrogen (secondary N) is 3. The summed E-state index contributed by atoms with van der Waals surface area (Å²) in [5.74, 6) is -1.01. The van der Waals surface area contributed by atoms with Crippen molar-refractivity contribution in [2.75, 3.05) is 52.4 Å². The lowest BCUT2D eigenvalue weighted by molar-refractivity contribution is -0.140. The minimum absolute atomic E-state index is 0.0981. The van der Waals surface area contributed by atoms with Gasteiger partial charge in [-0.25, -0.2) is 0 Å². The van der Waals surface area contributed by atoms with Crippen molar-refractivity contribution in [1.82, 2.24) is 25.8 Å². The molecule has 2 aliphatic rings. The van der Waals surface area contributed by atoms with E-state index in [1.165, 1.54) is 9.80 Å². The van der Waals surface area contributed by atoms with Gasteiger partial charge < -0.3 is 16.0 Å². The molecule has 3 N–H and O–H groups in total. The number of hydrogen-bond donors (Lipinski definition) is 3. The van der Waals surface area contributed by atoms with E-state index in [1.807, 2.05) is 53.7 Å². The van der Waals surface area contributed by atoms with Crippen molar-refractivity contribution < 1.29 is 19.2 Å². The molecule has 0 aromatic rings. The number of nitrogens with zero attached hydrogens (tertiary/aromatic N) is 2. The summed E-state index contributed by atoms with van der Waals surface area (Å²) in [4.78, 5) is 52.8. The largest absolute Gasteiger partial charge is 0.314 e. The van der Waals surface area contributed by atoms with E-state index >= 15 is 0 Å². The van der Waals surface area contributed by atoms with Gasteiger partial charge in [0.2, 0.25) is 23.6 Å². The lowest BCUT2D eigenvalue weighted by atomic mass is 9.90. The van der Waals surface area contributed by atoms with Crippen molar-refractivity contribution in [3.05, 3.63) is 37.1 Å². The maximum absolute atomic E-state index is 12.7. The summed E-state index contributed by atoms with van der Waals surface area (Å²) in [6.45, 7) is 28.3. The van der Waals surface area contributed by atoms with E-state index in [0.29, 0.717) is 52.1 Å². The molecule has 2 atom stereocenters. The molecule has 2 unspecified atom stereocenters. The van der Waals surface area contributed by atoms with Crippen LogP contribution in [0.3, 0.4) is 0 Å². The van der Waals surface area contributed by atoms with Gasteiger partial charge in [0.15, 0.2) is 0 Å². The molecule has 2 heterocycles. The zero-order valence-electron chi connectivity index (χ0n) is 26.0. The molecule has 0 spiro atoms. The second kappa shape index (κ2) is 15.8. The standard InChI is InChI=1S/C32H51N5O4/c1-23(21-31(3,4)5)17-25-19-27(38)36(29(25)40)15-13-34-11-9-33-10-12-35-14-16-37-28(39)20-26(30(37)41)18-24(2)22-32(6,7)8/h3,6,21-22,25-26,33-35H,9-20H2,1-2,4-5,7-8H3/b23-21+,24-22+. The Hall–Kier alpha value is -2.36. The predicted molar refractivity (Wildman–Crippen MR) is 161 cm³/mol. The van der Waals surface area contributed by atoms with Gasteiger partial charge in [-0.05, 0) is 51.4 Å². The van der Waals surface area contributed by atoms with Crippen molar-refractivity contribution in [3.63, 3.8) is 0 Å². The molecule has 228 valence electrons. The van der Waals surface area contributed by atoms with Crippen LogP contribution in [0.15, 0.2) is 23.3 Å². The van der Waals surface area contributed by atoms with Crippen LogP contribution < -0.4 is 16.0 Å². The lowest BCUT2D eigenvalue weighted by Crippen LogP contribution is -2.40. The lowest BCUT2D eigenvalue weighted by Gasteiger charge is -2.17. The summed E-state index contributed by atoms with van der Waals surface area (Å²) in [6, 6.07) is 0. The van der Waals surface area contributed by atoms with Crippen molar-refractivity contribution in [3.8, 4) is 0 Å². The number of amides is 4.